The first-order valence-electron chi connectivity index (χ1n) is 6.57. The number of rotatable bonds is 6. The highest BCUT2D eigenvalue weighted by molar-refractivity contribution is 5.40. The predicted octanol–water partition coefficient (Wildman–Crippen LogP) is 2.98. The number of hydrogen-bond acceptors (Lipinski definition) is 2. The van der Waals surface area contributed by atoms with E-state index in [0.717, 1.165) is 30.6 Å². The molecule has 0 saturated carbocycles. The van der Waals surface area contributed by atoms with Crippen LogP contribution in [0.1, 0.15) is 37.8 Å². The molecule has 0 saturated heterocycles. The molecule has 0 heterocycles. The molecule has 0 atom stereocenters. The maximum Gasteiger partial charge on any atom is 0.104 e. The second-order valence-corrected chi connectivity index (χ2v) is 4.31. The largest absolute Gasteiger partial charge is 0.384 e. The van der Waals surface area contributed by atoms with Crippen molar-refractivity contribution in [3.63, 3.8) is 0 Å². The molecule has 0 radical (unpaired) electrons. The van der Waals surface area contributed by atoms with E-state index >= 15 is 0 Å². The normalized spacial score (nSPS) is 10.2. The van der Waals surface area contributed by atoms with E-state index in [1.807, 2.05) is 24.3 Å². The molecule has 0 amide bonds. The van der Waals surface area contributed by atoms with Gasteiger partial charge in [0.25, 0.3) is 0 Å². The minimum Gasteiger partial charge on any atom is -0.384 e. The Morgan fingerprint density at radius 3 is 2.61 bits per heavy atom. The molecule has 0 aliphatic heterocycles. The molecule has 2 heteroatoms. The number of aliphatic hydroxyl groups excluding tert-OH is 1. The van der Waals surface area contributed by atoms with Gasteiger partial charge in [-0.15, -0.1) is 0 Å². The van der Waals surface area contributed by atoms with Crippen molar-refractivity contribution in [2.24, 2.45) is 5.92 Å². The molecule has 18 heavy (non-hydrogen) atoms. The van der Waals surface area contributed by atoms with E-state index in [1.165, 1.54) is 0 Å². The lowest BCUT2D eigenvalue weighted by atomic mass is 10.1. The minimum absolute atomic E-state index is 0.108. The topological polar surface area (TPSA) is 29.5 Å². The zero-order chi connectivity index (χ0) is 13.2. The maximum absolute atomic E-state index is 8.73. The first-order chi connectivity index (χ1) is 8.81. The SMILES string of the molecule is CCC(CC)COCc1ccccc1C#CCO. The van der Waals surface area contributed by atoms with Crippen LogP contribution < -0.4 is 0 Å². The lowest BCUT2D eigenvalue weighted by Gasteiger charge is -2.13. The van der Waals surface area contributed by atoms with E-state index in [2.05, 4.69) is 25.7 Å². The predicted molar refractivity (Wildman–Crippen MR) is 74.1 cm³/mol. The fourth-order valence-electron chi connectivity index (χ4n) is 1.76. The Labute approximate surface area is 110 Å². The lowest BCUT2D eigenvalue weighted by Crippen LogP contribution is -2.08. The van der Waals surface area contributed by atoms with Crippen LogP contribution >= 0.6 is 0 Å². The van der Waals surface area contributed by atoms with Gasteiger partial charge in [0.1, 0.15) is 6.61 Å². The number of hydrogen-bond donors (Lipinski definition) is 1. The summed E-state index contributed by atoms with van der Waals surface area (Å²) in [5, 5.41) is 8.73. The van der Waals surface area contributed by atoms with E-state index in [-0.39, 0.29) is 6.61 Å². The summed E-state index contributed by atoms with van der Waals surface area (Å²) in [6, 6.07) is 7.92. The standard InChI is InChI=1S/C16H22O2/c1-3-14(4-2)12-18-13-16-9-6-5-8-15(16)10-7-11-17/h5-6,8-9,14,17H,3-4,11-13H2,1-2H3. The summed E-state index contributed by atoms with van der Waals surface area (Å²) in [6.45, 7) is 5.67. The van der Waals surface area contributed by atoms with Crippen molar-refractivity contribution >= 4 is 0 Å². The molecular formula is C16H22O2. The molecule has 1 N–H and O–H groups in total. The van der Waals surface area contributed by atoms with Crippen LogP contribution in [0, 0.1) is 17.8 Å². The molecule has 1 rings (SSSR count). The van der Waals surface area contributed by atoms with Crippen LogP contribution in [0.5, 0.6) is 0 Å². The third kappa shape index (κ3) is 4.91. The van der Waals surface area contributed by atoms with E-state index in [4.69, 9.17) is 9.84 Å². The first-order valence-corrected chi connectivity index (χ1v) is 6.57. The summed E-state index contributed by atoms with van der Waals surface area (Å²) in [4.78, 5) is 0. The molecule has 0 fully saturated rings. The monoisotopic (exact) mass is 246 g/mol. The minimum atomic E-state index is -0.108. The van der Waals surface area contributed by atoms with Gasteiger partial charge in [0.15, 0.2) is 0 Å². The Kier molecular flexibility index (Phi) is 7.17. The second-order valence-electron chi connectivity index (χ2n) is 4.31. The van der Waals surface area contributed by atoms with Crippen molar-refractivity contribution in [3.05, 3.63) is 35.4 Å². The molecule has 2 nitrogen and oxygen atoms in total. The van der Waals surface area contributed by atoms with Crippen LogP contribution in [0.25, 0.3) is 0 Å². The van der Waals surface area contributed by atoms with Crippen LogP contribution in [0.2, 0.25) is 0 Å². The van der Waals surface area contributed by atoms with Crippen LogP contribution in [0.4, 0.5) is 0 Å². The van der Waals surface area contributed by atoms with Gasteiger partial charge in [0.05, 0.1) is 6.61 Å². The third-order valence-electron chi connectivity index (χ3n) is 3.09. The summed E-state index contributed by atoms with van der Waals surface area (Å²) in [6.07, 6.45) is 2.31. The fourth-order valence-corrected chi connectivity index (χ4v) is 1.76. The van der Waals surface area contributed by atoms with Crippen molar-refractivity contribution in [2.75, 3.05) is 13.2 Å². The Balaban J connectivity index is 2.56. The van der Waals surface area contributed by atoms with Gasteiger partial charge in [-0.3, -0.25) is 0 Å². The van der Waals surface area contributed by atoms with Gasteiger partial charge in [-0.1, -0.05) is 56.7 Å². The lowest BCUT2D eigenvalue weighted by molar-refractivity contribution is 0.0842. The van der Waals surface area contributed by atoms with Crippen molar-refractivity contribution in [2.45, 2.75) is 33.3 Å². The first kappa shape index (κ1) is 14.8. The van der Waals surface area contributed by atoms with Gasteiger partial charge in [0.2, 0.25) is 0 Å². The van der Waals surface area contributed by atoms with Gasteiger partial charge in [0, 0.05) is 12.2 Å². The highest BCUT2D eigenvalue weighted by Gasteiger charge is 2.04. The van der Waals surface area contributed by atoms with E-state index in [1.54, 1.807) is 0 Å². The van der Waals surface area contributed by atoms with Crippen molar-refractivity contribution < 1.29 is 9.84 Å². The highest BCUT2D eigenvalue weighted by atomic mass is 16.5. The molecule has 0 aliphatic rings. The average Bonchev–Trinajstić information content (AvgIpc) is 2.42. The Morgan fingerprint density at radius 2 is 1.94 bits per heavy atom. The molecule has 0 unspecified atom stereocenters. The fraction of sp³-hybridized carbons (Fsp3) is 0.500. The van der Waals surface area contributed by atoms with Gasteiger partial charge < -0.3 is 9.84 Å². The third-order valence-corrected chi connectivity index (χ3v) is 3.09. The molecule has 98 valence electrons. The highest BCUT2D eigenvalue weighted by Crippen LogP contribution is 2.12. The quantitative estimate of drug-likeness (QED) is 0.782. The zero-order valence-corrected chi connectivity index (χ0v) is 11.3. The Bertz CT molecular complexity index is 397. The van der Waals surface area contributed by atoms with Crippen molar-refractivity contribution in [1.29, 1.82) is 0 Å². The summed E-state index contributed by atoms with van der Waals surface area (Å²) >= 11 is 0. The molecule has 0 bridgehead atoms. The molecular weight excluding hydrogens is 224 g/mol. The summed E-state index contributed by atoms with van der Waals surface area (Å²) in [5.74, 6) is 6.27. The van der Waals surface area contributed by atoms with Gasteiger partial charge in [-0.05, 0) is 17.5 Å². The number of ether oxygens (including phenoxy) is 1. The molecule has 0 aromatic heterocycles. The maximum atomic E-state index is 8.73. The van der Waals surface area contributed by atoms with Crippen molar-refractivity contribution in [1.82, 2.24) is 0 Å². The summed E-state index contributed by atoms with van der Waals surface area (Å²) < 4.78 is 5.75. The average molecular weight is 246 g/mol. The van der Waals surface area contributed by atoms with E-state index in [0.29, 0.717) is 12.5 Å². The van der Waals surface area contributed by atoms with Crippen LogP contribution in [0.3, 0.4) is 0 Å². The second kappa shape index (κ2) is 8.74. The van der Waals surface area contributed by atoms with E-state index in [9.17, 15) is 0 Å². The number of benzene rings is 1. The summed E-state index contributed by atoms with van der Waals surface area (Å²) in [5.41, 5.74) is 2.03. The number of aliphatic hydroxyl groups is 1. The Morgan fingerprint density at radius 1 is 1.22 bits per heavy atom. The molecule has 0 aliphatic carbocycles. The van der Waals surface area contributed by atoms with Gasteiger partial charge >= 0.3 is 0 Å². The summed E-state index contributed by atoms with van der Waals surface area (Å²) in [7, 11) is 0. The van der Waals surface area contributed by atoms with Gasteiger partial charge in [-0.25, -0.2) is 0 Å². The van der Waals surface area contributed by atoms with Gasteiger partial charge in [-0.2, -0.15) is 0 Å². The van der Waals surface area contributed by atoms with E-state index < -0.39 is 0 Å². The molecule has 1 aromatic carbocycles. The van der Waals surface area contributed by atoms with Crippen LogP contribution in [0.15, 0.2) is 24.3 Å². The molecule has 0 spiro atoms. The van der Waals surface area contributed by atoms with Crippen molar-refractivity contribution in [3.8, 4) is 11.8 Å². The zero-order valence-electron chi connectivity index (χ0n) is 11.3. The van der Waals surface area contributed by atoms with Crippen LogP contribution in [-0.4, -0.2) is 18.3 Å². The van der Waals surface area contributed by atoms with Crippen LogP contribution in [-0.2, 0) is 11.3 Å². The molecule has 1 aromatic rings. The Hall–Kier alpha value is -1.30. The smallest absolute Gasteiger partial charge is 0.104 e.